The molecule has 2 amide bonds. The van der Waals surface area contributed by atoms with Crippen molar-refractivity contribution in [1.29, 1.82) is 5.26 Å². The number of piperazine rings is 1. The summed E-state index contributed by atoms with van der Waals surface area (Å²) in [4.78, 5) is 26.5. The molecule has 1 saturated heterocycles. The van der Waals surface area contributed by atoms with Gasteiger partial charge in [0, 0.05) is 18.7 Å². The maximum absolute atomic E-state index is 13.8. The number of amides is 2. The van der Waals surface area contributed by atoms with Crippen LogP contribution < -0.4 is 0 Å². The highest BCUT2D eigenvalue weighted by Crippen LogP contribution is 2.15. The molecule has 0 saturated carbocycles. The lowest BCUT2D eigenvalue weighted by Crippen LogP contribution is -2.53. The van der Waals surface area contributed by atoms with Gasteiger partial charge in [-0.15, -0.1) is 0 Å². The van der Waals surface area contributed by atoms with E-state index in [4.69, 9.17) is 5.26 Å². The minimum absolute atomic E-state index is 0.0350. The summed E-state index contributed by atoms with van der Waals surface area (Å²) in [5, 5.41) is 8.68. The van der Waals surface area contributed by atoms with Crippen LogP contribution in [0.5, 0.6) is 0 Å². The summed E-state index contributed by atoms with van der Waals surface area (Å²) in [6, 6.07) is 5.94. The van der Waals surface area contributed by atoms with Crippen LogP contribution in [0.3, 0.4) is 0 Å². The van der Waals surface area contributed by atoms with Crippen LogP contribution in [0, 0.1) is 17.1 Å². The first-order chi connectivity index (χ1) is 9.55. The zero-order valence-corrected chi connectivity index (χ0v) is 11.1. The van der Waals surface area contributed by atoms with Crippen molar-refractivity contribution in [2.24, 2.45) is 0 Å². The minimum Gasteiger partial charge on any atom is -0.332 e. The van der Waals surface area contributed by atoms with E-state index in [1.807, 2.05) is 6.07 Å². The van der Waals surface area contributed by atoms with E-state index in [2.05, 4.69) is 0 Å². The Balaban J connectivity index is 2.13. The lowest BCUT2D eigenvalue weighted by molar-refractivity contribution is -0.150. The topological polar surface area (TPSA) is 64.4 Å². The second-order valence-corrected chi connectivity index (χ2v) is 4.58. The van der Waals surface area contributed by atoms with Gasteiger partial charge in [0.15, 0.2) is 0 Å². The molecule has 0 unspecified atom stereocenters. The zero-order chi connectivity index (χ0) is 14.7. The summed E-state index contributed by atoms with van der Waals surface area (Å²) in [6.45, 7) is 2.34. The van der Waals surface area contributed by atoms with Gasteiger partial charge in [0.05, 0.1) is 18.2 Å². The average molecular weight is 275 g/mol. The van der Waals surface area contributed by atoms with Crippen molar-refractivity contribution in [2.75, 3.05) is 19.6 Å². The van der Waals surface area contributed by atoms with Crippen LogP contribution >= 0.6 is 0 Å². The number of hydrogen-bond acceptors (Lipinski definition) is 3. The molecule has 0 aromatic heterocycles. The molecule has 1 aromatic carbocycles. The normalized spacial score (nSPS) is 15.4. The van der Waals surface area contributed by atoms with Crippen LogP contribution in [0.15, 0.2) is 18.2 Å². The van der Waals surface area contributed by atoms with Crippen molar-refractivity contribution in [1.82, 2.24) is 9.80 Å². The van der Waals surface area contributed by atoms with Crippen LogP contribution in [0.4, 0.5) is 4.39 Å². The molecular weight excluding hydrogens is 261 g/mol. The van der Waals surface area contributed by atoms with Gasteiger partial charge < -0.3 is 9.80 Å². The Morgan fingerprint density at radius 2 is 1.90 bits per heavy atom. The Kier molecular flexibility index (Phi) is 3.99. The van der Waals surface area contributed by atoms with E-state index in [9.17, 15) is 14.0 Å². The first-order valence-electron chi connectivity index (χ1n) is 6.29. The summed E-state index contributed by atoms with van der Waals surface area (Å²) >= 11 is 0. The standard InChI is InChI=1S/C14H14FN3O2/c1-2-17-8-14(20)18(9-13(17)19)7-11-4-3-10(6-16)5-12(11)15/h3-5H,2,7-9H2,1H3. The number of halogens is 1. The summed E-state index contributed by atoms with van der Waals surface area (Å²) < 4.78 is 13.8. The molecule has 1 aromatic rings. The average Bonchev–Trinajstić information content (AvgIpc) is 2.44. The number of hydrogen-bond donors (Lipinski definition) is 0. The van der Waals surface area contributed by atoms with Crippen molar-refractivity contribution in [3.05, 3.63) is 35.1 Å². The SMILES string of the molecule is CCN1CC(=O)N(Cc2ccc(C#N)cc2F)CC1=O. The molecule has 0 spiro atoms. The van der Waals surface area contributed by atoms with E-state index in [0.29, 0.717) is 12.1 Å². The second-order valence-electron chi connectivity index (χ2n) is 4.58. The van der Waals surface area contributed by atoms with Crippen molar-refractivity contribution >= 4 is 11.8 Å². The van der Waals surface area contributed by atoms with E-state index in [0.717, 1.165) is 6.07 Å². The minimum atomic E-state index is -0.540. The molecule has 2 rings (SSSR count). The lowest BCUT2D eigenvalue weighted by atomic mass is 10.1. The quantitative estimate of drug-likeness (QED) is 0.823. The van der Waals surface area contributed by atoms with Gasteiger partial charge in [-0.05, 0) is 19.1 Å². The Morgan fingerprint density at radius 1 is 1.25 bits per heavy atom. The van der Waals surface area contributed by atoms with Crippen molar-refractivity contribution in [3.63, 3.8) is 0 Å². The van der Waals surface area contributed by atoms with Crippen LogP contribution in [0.25, 0.3) is 0 Å². The maximum Gasteiger partial charge on any atom is 0.242 e. The first kappa shape index (κ1) is 14.0. The van der Waals surface area contributed by atoms with Gasteiger partial charge >= 0.3 is 0 Å². The van der Waals surface area contributed by atoms with Crippen LogP contribution in [0.2, 0.25) is 0 Å². The molecule has 0 bridgehead atoms. The van der Waals surface area contributed by atoms with E-state index in [-0.39, 0.29) is 37.0 Å². The van der Waals surface area contributed by atoms with Gasteiger partial charge in [-0.3, -0.25) is 9.59 Å². The van der Waals surface area contributed by atoms with Crippen molar-refractivity contribution in [2.45, 2.75) is 13.5 Å². The van der Waals surface area contributed by atoms with Crippen LogP contribution in [-0.4, -0.2) is 41.2 Å². The van der Waals surface area contributed by atoms with Crippen molar-refractivity contribution in [3.8, 4) is 6.07 Å². The zero-order valence-electron chi connectivity index (χ0n) is 11.1. The first-order valence-corrected chi connectivity index (χ1v) is 6.29. The second kappa shape index (κ2) is 5.70. The van der Waals surface area contributed by atoms with Gasteiger partial charge in [0.1, 0.15) is 12.4 Å². The number of carbonyl (C=O) groups is 2. The summed E-state index contributed by atoms with van der Waals surface area (Å²) in [6.07, 6.45) is 0. The molecule has 1 aliphatic heterocycles. The molecule has 1 fully saturated rings. The highest BCUT2D eigenvalue weighted by atomic mass is 19.1. The Bertz CT molecular complexity index is 595. The number of benzene rings is 1. The number of likely N-dealkylation sites (N-methyl/N-ethyl adjacent to an activating group) is 1. The van der Waals surface area contributed by atoms with Crippen LogP contribution in [-0.2, 0) is 16.1 Å². The molecule has 1 heterocycles. The van der Waals surface area contributed by atoms with E-state index < -0.39 is 5.82 Å². The molecule has 1 aliphatic rings. The molecule has 0 atom stereocenters. The third-order valence-corrected chi connectivity index (χ3v) is 3.28. The van der Waals surface area contributed by atoms with E-state index in [1.165, 1.54) is 21.9 Å². The third kappa shape index (κ3) is 2.77. The van der Waals surface area contributed by atoms with Gasteiger partial charge in [0.2, 0.25) is 11.8 Å². The summed E-state index contributed by atoms with van der Waals surface area (Å²) in [5.41, 5.74) is 0.527. The lowest BCUT2D eigenvalue weighted by Gasteiger charge is -2.33. The molecule has 104 valence electrons. The molecule has 5 nitrogen and oxygen atoms in total. The highest BCUT2D eigenvalue weighted by Gasteiger charge is 2.29. The number of rotatable bonds is 3. The summed E-state index contributed by atoms with van der Waals surface area (Å²) in [5.74, 6) is -0.876. The maximum atomic E-state index is 13.8. The molecule has 6 heteroatoms. The van der Waals surface area contributed by atoms with E-state index in [1.54, 1.807) is 6.92 Å². The number of carbonyl (C=O) groups excluding carboxylic acids is 2. The van der Waals surface area contributed by atoms with Gasteiger partial charge in [-0.1, -0.05) is 6.07 Å². The van der Waals surface area contributed by atoms with Gasteiger partial charge in [0.25, 0.3) is 0 Å². The Hall–Kier alpha value is -2.42. The smallest absolute Gasteiger partial charge is 0.242 e. The largest absolute Gasteiger partial charge is 0.332 e. The van der Waals surface area contributed by atoms with Crippen LogP contribution in [0.1, 0.15) is 18.1 Å². The highest BCUT2D eigenvalue weighted by molar-refractivity contribution is 5.92. The molecule has 0 aliphatic carbocycles. The third-order valence-electron chi connectivity index (χ3n) is 3.28. The number of nitrogens with zero attached hydrogens (tertiary/aromatic N) is 3. The Morgan fingerprint density at radius 3 is 2.50 bits per heavy atom. The molecule has 20 heavy (non-hydrogen) atoms. The predicted octanol–water partition coefficient (Wildman–Crippen LogP) is 0.888. The Labute approximate surface area is 116 Å². The fourth-order valence-corrected chi connectivity index (χ4v) is 2.09. The number of nitriles is 1. The molecule has 0 N–H and O–H groups in total. The van der Waals surface area contributed by atoms with Gasteiger partial charge in [-0.2, -0.15) is 5.26 Å². The predicted molar refractivity (Wildman–Crippen MR) is 68.8 cm³/mol. The monoisotopic (exact) mass is 275 g/mol. The fraction of sp³-hybridized carbons (Fsp3) is 0.357. The molecular formula is C14H14FN3O2. The van der Waals surface area contributed by atoms with Crippen molar-refractivity contribution < 1.29 is 14.0 Å². The fourth-order valence-electron chi connectivity index (χ4n) is 2.09. The molecule has 0 radical (unpaired) electrons. The van der Waals surface area contributed by atoms with E-state index >= 15 is 0 Å². The summed E-state index contributed by atoms with van der Waals surface area (Å²) in [7, 11) is 0. The van der Waals surface area contributed by atoms with Gasteiger partial charge in [-0.25, -0.2) is 4.39 Å².